The highest BCUT2D eigenvalue weighted by Crippen LogP contribution is 2.27. The second kappa shape index (κ2) is 9.23. The topological polar surface area (TPSA) is 75.9 Å². The summed E-state index contributed by atoms with van der Waals surface area (Å²) in [6, 6.07) is 0. The van der Waals surface area contributed by atoms with Crippen molar-refractivity contribution in [1.29, 1.82) is 0 Å². The third kappa shape index (κ3) is 5.80. The van der Waals surface area contributed by atoms with Crippen LogP contribution in [-0.4, -0.2) is 68.1 Å². The van der Waals surface area contributed by atoms with Gasteiger partial charge < -0.3 is 20.3 Å². The average Bonchev–Trinajstić information content (AvgIpc) is 2.43. The van der Waals surface area contributed by atoms with Crippen molar-refractivity contribution in [2.75, 3.05) is 40.9 Å². The molecule has 0 aromatic rings. The van der Waals surface area contributed by atoms with E-state index in [-0.39, 0.29) is 30.8 Å². The molecular weight excluding hydrogens is 294 g/mol. The van der Waals surface area contributed by atoms with Crippen LogP contribution in [0.1, 0.15) is 32.1 Å². The molecule has 0 saturated heterocycles. The van der Waals surface area contributed by atoms with Crippen LogP contribution in [0.2, 0.25) is 0 Å². The highest BCUT2D eigenvalue weighted by Gasteiger charge is 2.38. The smallest absolute Gasteiger partial charge is 0.243 e. The molecule has 1 fully saturated rings. The Morgan fingerprint density at radius 2 is 1.76 bits per heavy atom. The molecule has 21 heavy (non-hydrogen) atoms. The molecule has 0 unspecified atom stereocenters. The number of amides is 2. The highest BCUT2D eigenvalue weighted by atomic mass is 35.5. The molecule has 7 heteroatoms. The predicted molar refractivity (Wildman–Crippen MR) is 84.4 cm³/mol. The molecule has 0 aromatic carbocycles. The first-order valence-corrected chi connectivity index (χ1v) is 7.18. The van der Waals surface area contributed by atoms with Crippen LogP contribution in [-0.2, 0) is 14.3 Å². The maximum absolute atomic E-state index is 12.7. The number of hydrogen-bond donors (Lipinski definition) is 1. The normalized spacial score (nSPS) is 16.8. The first kappa shape index (κ1) is 20.1. The van der Waals surface area contributed by atoms with Crippen molar-refractivity contribution in [1.82, 2.24) is 9.80 Å². The summed E-state index contributed by atoms with van der Waals surface area (Å²) >= 11 is 0. The van der Waals surface area contributed by atoms with Gasteiger partial charge in [-0.3, -0.25) is 9.59 Å². The maximum Gasteiger partial charge on any atom is 0.243 e. The second-order valence-corrected chi connectivity index (χ2v) is 5.72. The Bertz CT molecular complexity index is 344. The van der Waals surface area contributed by atoms with Crippen LogP contribution in [0.4, 0.5) is 0 Å². The van der Waals surface area contributed by atoms with Crippen LogP contribution in [0.5, 0.6) is 0 Å². The van der Waals surface area contributed by atoms with Crippen LogP contribution < -0.4 is 5.73 Å². The van der Waals surface area contributed by atoms with Crippen LogP contribution in [0.3, 0.4) is 0 Å². The van der Waals surface area contributed by atoms with E-state index in [0.29, 0.717) is 26.0 Å². The predicted octanol–water partition coefficient (Wildman–Crippen LogP) is 0.633. The Kier molecular flexibility index (Phi) is 8.85. The van der Waals surface area contributed by atoms with Gasteiger partial charge in [-0.25, -0.2) is 0 Å². The molecule has 0 radical (unpaired) electrons. The Hall–Kier alpha value is -0.850. The number of rotatable bonds is 6. The van der Waals surface area contributed by atoms with E-state index in [1.54, 1.807) is 21.2 Å². The fourth-order valence-corrected chi connectivity index (χ4v) is 2.47. The zero-order valence-corrected chi connectivity index (χ0v) is 14.1. The molecule has 0 heterocycles. The van der Waals surface area contributed by atoms with Crippen molar-refractivity contribution >= 4 is 24.2 Å². The molecule has 1 aliphatic rings. The molecule has 2 amide bonds. The number of nitrogens with two attached hydrogens (primary N) is 1. The summed E-state index contributed by atoms with van der Waals surface area (Å²) in [7, 11) is 4.94. The van der Waals surface area contributed by atoms with Crippen molar-refractivity contribution < 1.29 is 14.3 Å². The van der Waals surface area contributed by atoms with Gasteiger partial charge in [0, 0.05) is 27.7 Å². The van der Waals surface area contributed by atoms with Crippen LogP contribution in [0.15, 0.2) is 0 Å². The van der Waals surface area contributed by atoms with Gasteiger partial charge in [-0.05, 0) is 12.8 Å². The van der Waals surface area contributed by atoms with Gasteiger partial charge in [0.15, 0.2) is 0 Å². The van der Waals surface area contributed by atoms with E-state index in [2.05, 4.69) is 0 Å². The summed E-state index contributed by atoms with van der Waals surface area (Å²) in [5.41, 5.74) is 5.46. The van der Waals surface area contributed by atoms with Crippen LogP contribution >= 0.6 is 12.4 Å². The lowest BCUT2D eigenvalue weighted by atomic mass is 9.81. The monoisotopic (exact) mass is 321 g/mol. The maximum atomic E-state index is 12.7. The molecular formula is C14H28ClN3O3. The zero-order chi connectivity index (χ0) is 15.2. The third-order valence-electron chi connectivity index (χ3n) is 3.85. The summed E-state index contributed by atoms with van der Waals surface area (Å²) in [6.45, 7) is 0.866. The molecule has 1 aliphatic carbocycles. The van der Waals surface area contributed by atoms with Gasteiger partial charge in [-0.15, -0.1) is 12.4 Å². The fraction of sp³-hybridized carbons (Fsp3) is 0.857. The molecule has 1 rings (SSSR count). The van der Waals surface area contributed by atoms with E-state index in [9.17, 15) is 9.59 Å². The molecule has 0 spiro atoms. The second-order valence-electron chi connectivity index (χ2n) is 5.72. The first-order chi connectivity index (χ1) is 9.40. The van der Waals surface area contributed by atoms with Crippen molar-refractivity contribution in [3.63, 3.8) is 0 Å². The molecule has 0 aromatic heterocycles. The summed E-state index contributed by atoms with van der Waals surface area (Å²) in [5.74, 6) is -0.224. The van der Waals surface area contributed by atoms with E-state index >= 15 is 0 Å². The van der Waals surface area contributed by atoms with E-state index in [1.165, 1.54) is 9.80 Å². The van der Waals surface area contributed by atoms with Gasteiger partial charge in [0.1, 0.15) is 0 Å². The number of nitrogens with zero attached hydrogens (tertiary/aromatic N) is 2. The van der Waals surface area contributed by atoms with Crippen molar-refractivity contribution in [2.24, 2.45) is 5.73 Å². The lowest BCUT2D eigenvalue weighted by Crippen LogP contribution is -2.58. The molecule has 0 aliphatic heterocycles. The summed E-state index contributed by atoms with van der Waals surface area (Å²) < 4.78 is 5.03. The average molecular weight is 322 g/mol. The Balaban J connectivity index is 0.00000400. The van der Waals surface area contributed by atoms with Gasteiger partial charge in [-0.2, -0.15) is 0 Å². The number of halogens is 1. The first-order valence-electron chi connectivity index (χ1n) is 7.18. The van der Waals surface area contributed by atoms with Crippen molar-refractivity contribution in [2.45, 2.75) is 37.6 Å². The van der Waals surface area contributed by atoms with E-state index < -0.39 is 5.54 Å². The molecule has 0 bridgehead atoms. The lowest BCUT2D eigenvalue weighted by molar-refractivity contribution is -0.144. The van der Waals surface area contributed by atoms with E-state index in [4.69, 9.17) is 10.5 Å². The van der Waals surface area contributed by atoms with Crippen LogP contribution in [0.25, 0.3) is 0 Å². The van der Waals surface area contributed by atoms with E-state index in [0.717, 1.165) is 19.3 Å². The fourth-order valence-electron chi connectivity index (χ4n) is 2.47. The molecule has 6 nitrogen and oxygen atoms in total. The van der Waals surface area contributed by atoms with Gasteiger partial charge in [0.25, 0.3) is 0 Å². The minimum absolute atomic E-state index is 0. The zero-order valence-electron chi connectivity index (χ0n) is 13.3. The Morgan fingerprint density at radius 1 is 1.19 bits per heavy atom. The number of methoxy groups -OCH3 is 1. The number of ether oxygens (including phenoxy) is 1. The minimum atomic E-state index is -0.807. The Morgan fingerprint density at radius 3 is 2.24 bits per heavy atom. The number of carbonyl (C=O) groups is 2. The van der Waals surface area contributed by atoms with Crippen molar-refractivity contribution in [3.05, 3.63) is 0 Å². The van der Waals surface area contributed by atoms with Gasteiger partial charge in [0.05, 0.1) is 18.7 Å². The van der Waals surface area contributed by atoms with Gasteiger partial charge >= 0.3 is 0 Å². The SMILES string of the molecule is COCCN(CC(=O)N(C)C)C(=O)C1(N)CCCCC1.Cl. The third-order valence-corrected chi connectivity index (χ3v) is 3.85. The summed E-state index contributed by atoms with van der Waals surface area (Å²) in [5, 5.41) is 0. The number of likely N-dealkylation sites (N-methyl/N-ethyl adjacent to an activating group) is 1. The molecule has 2 N–H and O–H groups in total. The molecule has 124 valence electrons. The summed E-state index contributed by atoms with van der Waals surface area (Å²) in [6.07, 6.45) is 4.47. The van der Waals surface area contributed by atoms with Crippen LogP contribution in [0, 0.1) is 0 Å². The highest BCUT2D eigenvalue weighted by molar-refractivity contribution is 5.90. The summed E-state index contributed by atoms with van der Waals surface area (Å²) in [4.78, 5) is 27.5. The van der Waals surface area contributed by atoms with E-state index in [1.807, 2.05) is 0 Å². The standard InChI is InChI=1S/C14H27N3O3.ClH/c1-16(2)12(18)11-17(9-10-20-3)13(19)14(15)7-5-4-6-8-14;/h4-11,15H2,1-3H3;1H. The molecule has 0 atom stereocenters. The lowest BCUT2D eigenvalue weighted by Gasteiger charge is -2.36. The number of carbonyl (C=O) groups excluding carboxylic acids is 2. The van der Waals surface area contributed by atoms with Gasteiger partial charge in [-0.1, -0.05) is 19.3 Å². The van der Waals surface area contributed by atoms with Gasteiger partial charge in [0.2, 0.25) is 11.8 Å². The minimum Gasteiger partial charge on any atom is -0.383 e. The largest absolute Gasteiger partial charge is 0.383 e. The molecule has 1 saturated carbocycles. The number of hydrogen-bond acceptors (Lipinski definition) is 4. The Labute approximate surface area is 133 Å². The quantitative estimate of drug-likeness (QED) is 0.778. The van der Waals surface area contributed by atoms with Crippen molar-refractivity contribution in [3.8, 4) is 0 Å².